The molecule has 2 aromatic rings. The van der Waals surface area contributed by atoms with Crippen LogP contribution in [0.3, 0.4) is 0 Å². The number of halogens is 1. The van der Waals surface area contributed by atoms with Gasteiger partial charge in [-0.2, -0.15) is 5.06 Å². The summed E-state index contributed by atoms with van der Waals surface area (Å²) in [5.41, 5.74) is 2.53. The van der Waals surface area contributed by atoms with Gasteiger partial charge in [0.25, 0.3) is 0 Å². The summed E-state index contributed by atoms with van der Waals surface area (Å²) >= 11 is 0. The minimum Gasteiger partial charge on any atom is -0.486 e. The van der Waals surface area contributed by atoms with Crippen LogP contribution < -0.4 is 9.80 Å². The van der Waals surface area contributed by atoms with Crippen molar-refractivity contribution in [2.24, 2.45) is 0 Å². The van der Waals surface area contributed by atoms with E-state index < -0.39 is 11.9 Å². The lowest BCUT2D eigenvalue weighted by molar-refractivity contribution is 0.140. The summed E-state index contributed by atoms with van der Waals surface area (Å²) in [6.07, 6.45) is -0.992. The van der Waals surface area contributed by atoms with Crippen LogP contribution in [0.25, 0.3) is 0 Å². The molecule has 0 atom stereocenters. The van der Waals surface area contributed by atoms with Crippen molar-refractivity contribution in [2.45, 2.75) is 27.1 Å². The topological polar surface area (TPSA) is 79.2 Å². The molecular weight excluding hydrogens is 329 g/mol. The second-order valence-corrected chi connectivity index (χ2v) is 5.51. The average Bonchev–Trinajstić information content (AvgIpc) is 2.61. The van der Waals surface area contributed by atoms with Gasteiger partial charge in [-0.15, -0.1) is 0 Å². The van der Waals surface area contributed by atoms with E-state index >= 15 is 0 Å². The number of hydroxylamine groups is 1. The van der Waals surface area contributed by atoms with Gasteiger partial charge in [-0.3, -0.25) is 5.21 Å². The molecule has 2 N–H and O–H groups in total. The van der Waals surface area contributed by atoms with Crippen molar-refractivity contribution in [1.29, 1.82) is 0 Å². The third kappa shape index (κ3) is 4.07. The molecule has 0 fully saturated rings. The van der Waals surface area contributed by atoms with E-state index in [1.165, 1.54) is 12.1 Å². The van der Waals surface area contributed by atoms with Gasteiger partial charge in [-0.25, -0.2) is 9.18 Å². The van der Waals surface area contributed by atoms with Crippen LogP contribution in [0.4, 0.5) is 14.9 Å². The lowest BCUT2D eigenvalue weighted by Gasteiger charge is -2.20. The molecule has 0 aliphatic heterocycles. The van der Waals surface area contributed by atoms with Crippen LogP contribution in [0.1, 0.15) is 22.3 Å². The van der Waals surface area contributed by atoms with Crippen LogP contribution >= 0.6 is 0 Å². The third-order valence-corrected chi connectivity index (χ3v) is 3.91. The first-order chi connectivity index (χ1) is 11.9. The molecular formula is C18H20FNO5. The van der Waals surface area contributed by atoms with Crippen molar-refractivity contribution in [3.8, 4) is 5.75 Å². The number of anilines is 1. The highest BCUT2D eigenvalue weighted by Gasteiger charge is 2.20. The fraction of sp³-hybridized carbons (Fsp3) is 0.278. The van der Waals surface area contributed by atoms with Gasteiger partial charge in [0.15, 0.2) is 11.6 Å². The molecule has 6 nitrogen and oxygen atoms in total. The molecule has 0 heterocycles. The number of rotatable bonds is 5. The highest BCUT2D eigenvalue weighted by molar-refractivity contribution is 5.86. The molecule has 0 radical (unpaired) electrons. The molecule has 1 amide bonds. The number of nitrogens with zero attached hydrogens (tertiary/aromatic N) is 1. The SMILES string of the molecule is COC(=O)N(O)c1cccc(CO)c1COc1cc(C)c(C)cc1F. The Balaban J connectivity index is 2.35. The Labute approximate surface area is 145 Å². The summed E-state index contributed by atoms with van der Waals surface area (Å²) in [5.74, 6) is -0.468. The van der Waals surface area contributed by atoms with E-state index in [0.717, 1.165) is 18.2 Å². The Bertz CT molecular complexity index is 778. The number of carbonyl (C=O) groups is 1. The highest BCUT2D eigenvalue weighted by Crippen LogP contribution is 2.28. The van der Waals surface area contributed by atoms with E-state index in [2.05, 4.69) is 4.74 Å². The Kier molecular flexibility index (Phi) is 5.95. The molecule has 25 heavy (non-hydrogen) atoms. The van der Waals surface area contributed by atoms with Crippen molar-refractivity contribution in [3.05, 3.63) is 58.4 Å². The number of hydrogen-bond acceptors (Lipinski definition) is 5. The fourth-order valence-corrected chi connectivity index (χ4v) is 2.33. The second kappa shape index (κ2) is 7.96. The normalized spacial score (nSPS) is 10.5. The van der Waals surface area contributed by atoms with Crippen LogP contribution in [-0.2, 0) is 18.0 Å². The zero-order valence-electron chi connectivity index (χ0n) is 14.2. The monoisotopic (exact) mass is 349 g/mol. The van der Waals surface area contributed by atoms with E-state index in [0.29, 0.717) is 16.2 Å². The van der Waals surface area contributed by atoms with Gasteiger partial charge in [-0.05, 0) is 48.7 Å². The largest absolute Gasteiger partial charge is 0.486 e. The lowest BCUT2D eigenvalue weighted by Crippen LogP contribution is -2.28. The van der Waals surface area contributed by atoms with Crippen LogP contribution in [0.15, 0.2) is 30.3 Å². The summed E-state index contributed by atoms with van der Waals surface area (Å²) in [6, 6.07) is 7.59. The van der Waals surface area contributed by atoms with Crippen LogP contribution in [0.2, 0.25) is 0 Å². The molecule has 0 spiro atoms. The zero-order valence-corrected chi connectivity index (χ0v) is 14.2. The minimum atomic E-state index is -0.992. The maximum atomic E-state index is 14.0. The molecule has 0 saturated heterocycles. The Morgan fingerprint density at radius 2 is 1.92 bits per heavy atom. The first kappa shape index (κ1) is 18.7. The van der Waals surface area contributed by atoms with E-state index in [4.69, 9.17) is 4.74 Å². The summed E-state index contributed by atoms with van der Waals surface area (Å²) in [7, 11) is 1.13. The third-order valence-electron chi connectivity index (χ3n) is 3.91. The Morgan fingerprint density at radius 3 is 2.56 bits per heavy atom. The quantitative estimate of drug-likeness (QED) is 0.638. The van der Waals surface area contributed by atoms with E-state index in [1.807, 2.05) is 6.92 Å². The number of ether oxygens (including phenoxy) is 2. The molecule has 0 bridgehead atoms. The van der Waals surface area contributed by atoms with Crippen LogP contribution in [0.5, 0.6) is 5.75 Å². The summed E-state index contributed by atoms with van der Waals surface area (Å²) in [4.78, 5) is 11.6. The van der Waals surface area contributed by atoms with Gasteiger partial charge in [0.05, 0.1) is 19.4 Å². The predicted octanol–water partition coefficient (Wildman–Crippen LogP) is 3.48. The Hall–Kier alpha value is -2.64. The zero-order chi connectivity index (χ0) is 18.6. The van der Waals surface area contributed by atoms with Crippen molar-refractivity contribution >= 4 is 11.8 Å². The maximum absolute atomic E-state index is 14.0. The smallest absolute Gasteiger partial charge is 0.438 e. The van der Waals surface area contributed by atoms with Crippen LogP contribution in [0, 0.1) is 19.7 Å². The molecule has 0 aromatic heterocycles. The van der Waals surface area contributed by atoms with Gasteiger partial charge in [0, 0.05) is 5.56 Å². The molecule has 0 aliphatic rings. The standard InChI is InChI=1S/C18H20FNO5/c1-11-7-15(19)17(8-12(11)2)25-10-14-13(9-21)5-4-6-16(14)20(23)18(22)24-3/h4-8,21,23H,9-10H2,1-3H3. The van der Waals surface area contributed by atoms with Crippen molar-refractivity contribution in [1.82, 2.24) is 0 Å². The number of benzene rings is 2. The summed E-state index contributed by atoms with van der Waals surface area (Å²) in [6.45, 7) is 3.14. The molecule has 7 heteroatoms. The molecule has 0 unspecified atom stereocenters. The molecule has 134 valence electrons. The fourth-order valence-electron chi connectivity index (χ4n) is 2.33. The number of amides is 1. The summed E-state index contributed by atoms with van der Waals surface area (Å²) < 4.78 is 24.1. The summed E-state index contributed by atoms with van der Waals surface area (Å²) in [5, 5.41) is 19.8. The van der Waals surface area contributed by atoms with E-state index in [1.54, 1.807) is 25.1 Å². The van der Waals surface area contributed by atoms with Gasteiger partial charge in [-0.1, -0.05) is 12.1 Å². The molecule has 2 aromatic carbocycles. The van der Waals surface area contributed by atoms with Crippen molar-refractivity contribution < 1.29 is 29.0 Å². The van der Waals surface area contributed by atoms with Gasteiger partial charge in [0.2, 0.25) is 0 Å². The first-order valence-corrected chi connectivity index (χ1v) is 7.57. The van der Waals surface area contributed by atoms with Gasteiger partial charge in [0.1, 0.15) is 6.61 Å². The van der Waals surface area contributed by atoms with Crippen molar-refractivity contribution in [3.63, 3.8) is 0 Å². The molecule has 0 saturated carbocycles. The van der Waals surface area contributed by atoms with Gasteiger partial charge >= 0.3 is 6.09 Å². The second-order valence-electron chi connectivity index (χ2n) is 5.51. The number of hydrogen-bond donors (Lipinski definition) is 2. The maximum Gasteiger partial charge on any atom is 0.438 e. The first-order valence-electron chi connectivity index (χ1n) is 7.57. The van der Waals surface area contributed by atoms with E-state index in [-0.39, 0.29) is 24.7 Å². The number of aryl methyl sites for hydroxylation is 2. The number of aliphatic hydroxyl groups is 1. The highest BCUT2D eigenvalue weighted by atomic mass is 19.1. The number of methoxy groups -OCH3 is 1. The van der Waals surface area contributed by atoms with Crippen molar-refractivity contribution in [2.75, 3.05) is 12.2 Å². The number of carbonyl (C=O) groups excluding carboxylic acids is 1. The molecule has 2 rings (SSSR count). The minimum absolute atomic E-state index is 0.0457. The lowest BCUT2D eigenvalue weighted by atomic mass is 10.1. The Morgan fingerprint density at radius 1 is 1.24 bits per heavy atom. The predicted molar refractivity (Wildman–Crippen MR) is 89.2 cm³/mol. The van der Waals surface area contributed by atoms with E-state index in [9.17, 15) is 19.5 Å². The number of aliphatic hydroxyl groups excluding tert-OH is 1. The average molecular weight is 349 g/mol. The van der Waals surface area contributed by atoms with Crippen LogP contribution in [-0.4, -0.2) is 23.5 Å². The molecule has 0 aliphatic carbocycles. The van der Waals surface area contributed by atoms with Gasteiger partial charge < -0.3 is 14.6 Å².